The maximum atomic E-state index is 13.7. The van der Waals surface area contributed by atoms with Crippen molar-refractivity contribution < 1.29 is 14.2 Å². The van der Waals surface area contributed by atoms with E-state index in [9.17, 15) is 9.50 Å². The molecule has 1 N–H and O–H groups in total. The highest BCUT2D eigenvalue weighted by atomic mass is 19.1. The molecule has 120 valence electrons. The fraction of sp³-hybridized carbons (Fsp3) is 0.389. The normalized spacial score (nSPS) is 26.4. The van der Waals surface area contributed by atoms with Crippen molar-refractivity contribution in [2.45, 2.75) is 12.6 Å². The summed E-state index contributed by atoms with van der Waals surface area (Å²) < 4.78 is 19.6. The van der Waals surface area contributed by atoms with E-state index in [2.05, 4.69) is 9.88 Å². The summed E-state index contributed by atoms with van der Waals surface area (Å²) in [5.74, 6) is 0.814. The van der Waals surface area contributed by atoms with Crippen LogP contribution >= 0.6 is 0 Å². The Morgan fingerprint density at radius 2 is 2.22 bits per heavy atom. The van der Waals surface area contributed by atoms with Crippen molar-refractivity contribution in [3.8, 4) is 5.75 Å². The van der Waals surface area contributed by atoms with Gasteiger partial charge < -0.3 is 9.84 Å². The molecule has 23 heavy (non-hydrogen) atoms. The van der Waals surface area contributed by atoms with Crippen molar-refractivity contribution >= 4 is 0 Å². The molecule has 2 aromatic rings. The minimum absolute atomic E-state index is 0.0635. The number of benzene rings is 1. The van der Waals surface area contributed by atoms with Crippen LogP contribution in [0.5, 0.6) is 5.75 Å². The lowest BCUT2D eigenvalue weighted by molar-refractivity contribution is 0.117. The molecule has 0 unspecified atom stereocenters. The van der Waals surface area contributed by atoms with Crippen molar-refractivity contribution in [1.82, 2.24) is 9.88 Å². The van der Waals surface area contributed by atoms with Crippen LogP contribution in [0.4, 0.5) is 4.39 Å². The molecule has 1 fully saturated rings. The highest BCUT2D eigenvalue weighted by Crippen LogP contribution is 2.47. The van der Waals surface area contributed by atoms with Gasteiger partial charge in [0.2, 0.25) is 0 Å². The van der Waals surface area contributed by atoms with E-state index < -0.39 is 0 Å². The summed E-state index contributed by atoms with van der Waals surface area (Å²) >= 11 is 0. The van der Waals surface area contributed by atoms with Crippen LogP contribution in [0.2, 0.25) is 0 Å². The molecule has 0 amide bonds. The van der Waals surface area contributed by atoms with Crippen LogP contribution in [0.25, 0.3) is 0 Å². The van der Waals surface area contributed by atoms with Gasteiger partial charge in [-0.2, -0.15) is 0 Å². The van der Waals surface area contributed by atoms with Crippen molar-refractivity contribution in [2.75, 3.05) is 19.8 Å². The predicted octanol–water partition coefficient (Wildman–Crippen LogP) is 2.39. The van der Waals surface area contributed by atoms with E-state index in [1.165, 1.54) is 6.07 Å². The Kier molecular flexibility index (Phi) is 3.75. The first-order chi connectivity index (χ1) is 11.3. The van der Waals surface area contributed by atoms with Gasteiger partial charge in [-0.3, -0.25) is 9.88 Å². The third-order valence-electron chi connectivity index (χ3n) is 4.92. The quantitative estimate of drug-likeness (QED) is 0.945. The summed E-state index contributed by atoms with van der Waals surface area (Å²) in [5, 5.41) is 9.72. The zero-order chi connectivity index (χ0) is 15.8. The zero-order valence-corrected chi connectivity index (χ0v) is 12.7. The largest absolute Gasteiger partial charge is 0.493 e. The summed E-state index contributed by atoms with van der Waals surface area (Å²) in [4.78, 5) is 6.68. The Balaban J connectivity index is 1.70. The van der Waals surface area contributed by atoms with Gasteiger partial charge in [-0.1, -0.05) is 6.07 Å². The Bertz CT molecular complexity index is 695. The molecular weight excluding hydrogens is 295 g/mol. The number of aliphatic hydroxyl groups is 1. The van der Waals surface area contributed by atoms with Crippen molar-refractivity contribution in [3.63, 3.8) is 0 Å². The number of aromatic nitrogens is 1. The number of halogens is 1. The van der Waals surface area contributed by atoms with Crippen molar-refractivity contribution in [3.05, 3.63) is 59.7 Å². The second kappa shape index (κ2) is 5.91. The number of ether oxygens (including phenoxy) is 1. The van der Waals surface area contributed by atoms with Crippen molar-refractivity contribution in [2.24, 2.45) is 11.8 Å². The standard InChI is InChI=1S/C18H19FN2O2/c19-13-4-5-17-15(7-13)18-16(11-23-17)12(10-22)8-21(18)9-14-3-1-2-6-20-14/h1-7,12,16,18,22H,8-11H2/t12-,16-,18-/m0/s1. The molecule has 1 aromatic heterocycles. The Labute approximate surface area is 134 Å². The number of aliphatic hydroxyl groups excluding tert-OH is 1. The molecule has 5 heteroatoms. The number of nitrogens with zero attached hydrogens (tertiary/aromatic N) is 2. The SMILES string of the molecule is OC[C@@H]1CN(Cc2ccccn2)[C@H]2c3cc(F)ccc3OC[C@@H]12. The molecule has 0 saturated carbocycles. The lowest BCUT2D eigenvalue weighted by Crippen LogP contribution is -2.32. The van der Waals surface area contributed by atoms with E-state index in [4.69, 9.17) is 4.74 Å². The first-order valence-corrected chi connectivity index (χ1v) is 7.93. The van der Waals surface area contributed by atoms with Crippen LogP contribution in [0.3, 0.4) is 0 Å². The molecule has 4 nitrogen and oxygen atoms in total. The van der Waals surface area contributed by atoms with Crippen LogP contribution in [0, 0.1) is 17.7 Å². The molecule has 0 bridgehead atoms. The summed E-state index contributed by atoms with van der Waals surface area (Å²) in [7, 11) is 0. The number of likely N-dealkylation sites (tertiary alicyclic amines) is 1. The zero-order valence-electron chi connectivity index (χ0n) is 12.7. The lowest BCUT2D eigenvalue weighted by Gasteiger charge is -2.34. The summed E-state index contributed by atoms with van der Waals surface area (Å²) in [6, 6.07) is 10.6. The van der Waals surface area contributed by atoms with E-state index >= 15 is 0 Å². The Morgan fingerprint density at radius 3 is 3.00 bits per heavy atom. The average Bonchev–Trinajstić information content (AvgIpc) is 2.94. The van der Waals surface area contributed by atoms with Crippen molar-refractivity contribution in [1.29, 1.82) is 0 Å². The topological polar surface area (TPSA) is 45.6 Å². The van der Waals surface area contributed by atoms with Gasteiger partial charge in [-0.15, -0.1) is 0 Å². The molecule has 0 radical (unpaired) electrons. The molecular formula is C18H19FN2O2. The monoisotopic (exact) mass is 314 g/mol. The first-order valence-electron chi connectivity index (χ1n) is 7.93. The fourth-order valence-corrected chi connectivity index (χ4v) is 3.86. The number of rotatable bonds is 3. The third-order valence-corrected chi connectivity index (χ3v) is 4.92. The smallest absolute Gasteiger partial charge is 0.124 e. The summed E-state index contributed by atoms with van der Waals surface area (Å²) in [6.07, 6.45) is 1.78. The first kappa shape index (κ1) is 14.6. The highest BCUT2D eigenvalue weighted by Gasteiger charge is 2.46. The third kappa shape index (κ3) is 2.60. The molecule has 0 aliphatic carbocycles. The van der Waals surface area contributed by atoms with Gasteiger partial charge in [-0.25, -0.2) is 4.39 Å². The van der Waals surface area contributed by atoms with Crippen LogP contribution in [-0.4, -0.2) is 34.7 Å². The van der Waals surface area contributed by atoms with E-state index in [0.717, 1.165) is 23.6 Å². The van der Waals surface area contributed by atoms with Crippen LogP contribution in [0.1, 0.15) is 17.3 Å². The van der Waals surface area contributed by atoms with E-state index in [-0.39, 0.29) is 30.3 Å². The summed E-state index contributed by atoms with van der Waals surface area (Å²) in [6.45, 7) is 2.14. The highest BCUT2D eigenvalue weighted by molar-refractivity contribution is 5.39. The lowest BCUT2D eigenvalue weighted by atomic mass is 9.85. The van der Waals surface area contributed by atoms with Gasteiger partial charge in [0.05, 0.1) is 12.3 Å². The Hall–Kier alpha value is -1.98. The average molecular weight is 314 g/mol. The fourth-order valence-electron chi connectivity index (χ4n) is 3.86. The van der Waals surface area contributed by atoms with E-state index in [0.29, 0.717) is 13.2 Å². The molecule has 0 spiro atoms. The molecule has 2 aliphatic rings. The van der Waals surface area contributed by atoms with E-state index in [1.807, 2.05) is 18.2 Å². The second-order valence-corrected chi connectivity index (χ2v) is 6.30. The molecule has 4 rings (SSSR count). The van der Waals surface area contributed by atoms with E-state index in [1.54, 1.807) is 18.3 Å². The molecule has 1 saturated heterocycles. The van der Waals surface area contributed by atoms with Gasteiger partial charge >= 0.3 is 0 Å². The van der Waals surface area contributed by atoms with Gasteiger partial charge in [-0.05, 0) is 30.3 Å². The Morgan fingerprint density at radius 1 is 1.30 bits per heavy atom. The molecule has 2 aliphatic heterocycles. The van der Waals surface area contributed by atoms with Gasteiger partial charge in [0.1, 0.15) is 11.6 Å². The number of fused-ring (bicyclic) bond motifs is 3. The maximum Gasteiger partial charge on any atom is 0.124 e. The van der Waals surface area contributed by atoms with Gasteiger partial charge in [0.15, 0.2) is 0 Å². The number of hydrogen-bond donors (Lipinski definition) is 1. The molecule has 1 aromatic carbocycles. The predicted molar refractivity (Wildman–Crippen MR) is 83.3 cm³/mol. The van der Waals surface area contributed by atoms with Crippen LogP contribution in [-0.2, 0) is 6.54 Å². The molecule has 3 atom stereocenters. The van der Waals surface area contributed by atoms with Crippen LogP contribution < -0.4 is 4.74 Å². The summed E-state index contributed by atoms with van der Waals surface area (Å²) in [5.41, 5.74) is 1.86. The molecule has 3 heterocycles. The van der Waals surface area contributed by atoms with Crippen LogP contribution in [0.15, 0.2) is 42.6 Å². The minimum Gasteiger partial charge on any atom is -0.493 e. The van der Waals surface area contributed by atoms with Gasteiger partial charge in [0, 0.05) is 49.3 Å². The second-order valence-electron chi connectivity index (χ2n) is 6.30. The van der Waals surface area contributed by atoms with Gasteiger partial charge in [0.25, 0.3) is 0 Å². The maximum absolute atomic E-state index is 13.7. The number of hydrogen-bond acceptors (Lipinski definition) is 4. The number of pyridine rings is 1. The minimum atomic E-state index is -0.252.